The van der Waals surface area contributed by atoms with Crippen LogP contribution in [0.1, 0.15) is 52.8 Å². The number of aromatic nitrogens is 1. The first kappa shape index (κ1) is 13.7. The molecule has 1 aromatic rings. The van der Waals surface area contributed by atoms with E-state index in [4.69, 9.17) is 0 Å². The molecule has 6 heteroatoms. The van der Waals surface area contributed by atoms with Crippen LogP contribution in [0.4, 0.5) is 0 Å². The smallest absolute Gasteiger partial charge is 0.311 e. The van der Waals surface area contributed by atoms with Gasteiger partial charge in [-0.05, 0) is 18.9 Å². The number of carbonyl (C=O) groups is 3. The number of rotatable bonds is 3. The summed E-state index contributed by atoms with van der Waals surface area (Å²) in [7, 11) is 0. The lowest BCUT2D eigenvalue weighted by atomic mass is 9.73. The van der Waals surface area contributed by atoms with Gasteiger partial charge in [0, 0.05) is 18.9 Å². The van der Waals surface area contributed by atoms with Crippen LogP contribution in [0.2, 0.25) is 0 Å². The van der Waals surface area contributed by atoms with Crippen LogP contribution in [0.25, 0.3) is 0 Å². The standard InChI is InChI=1S/C15H16N2O4/c18-12-10-4-7-16-8-11(10)13(19)17(12)9-15(14(20)21)5-2-1-3-6-15/h4,7-8H,1-3,5-6,9H2,(H,20,21). The first-order valence-electron chi connectivity index (χ1n) is 7.09. The van der Waals surface area contributed by atoms with Gasteiger partial charge in [-0.1, -0.05) is 19.3 Å². The lowest BCUT2D eigenvalue weighted by Crippen LogP contribution is -2.46. The van der Waals surface area contributed by atoms with Gasteiger partial charge in [0.05, 0.1) is 16.5 Å². The van der Waals surface area contributed by atoms with Crippen molar-refractivity contribution in [2.24, 2.45) is 5.41 Å². The summed E-state index contributed by atoms with van der Waals surface area (Å²) in [6.45, 7) is -0.0469. The molecule has 6 nitrogen and oxygen atoms in total. The largest absolute Gasteiger partial charge is 0.481 e. The lowest BCUT2D eigenvalue weighted by Gasteiger charge is -2.35. The van der Waals surface area contributed by atoms with Gasteiger partial charge in [-0.2, -0.15) is 0 Å². The van der Waals surface area contributed by atoms with Crippen molar-refractivity contribution in [3.05, 3.63) is 29.6 Å². The summed E-state index contributed by atoms with van der Waals surface area (Å²) in [4.78, 5) is 41.3. The number of amides is 2. The number of fused-ring (bicyclic) bond motifs is 1. The number of carboxylic acid groups (broad SMARTS) is 1. The second-order valence-electron chi connectivity index (χ2n) is 5.76. The van der Waals surface area contributed by atoms with Gasteiger partial charge in [0.2, 0.25) is 0 Å². The Morgan fingerprint density at radius 2 is 1.86 bits per heavy atom. The number of pyridine rings is 1. The summed E-state index contributed by atoms with van der Waals surface area (Å²) in [5.41, 5.74) is -0.427. The van der Waals surface area contributed by atoms with Crippen molar-refractivity contribution in [2.45, 2.75) is 32.1 Å². The van der Waals surface area contributed by atoms with Crippen LogP contribution in [0.15, 0.2) is 18.5 Å². The van der Waals surface area contributed by atoms with Crippen molar-refractivity contribution in [2.75, 3.05) is 6.54 Å². The maximum absolute atomic E-state index is 12.3. The molecule has 1 N–H and O–H groups in total. The quantitative estimate of drug-likeness (QED) is 0.855. The third-order valence-electron chi connectivity index (χ3n) is 4.50. The van der Waals surface area contributed by atoms with Crippen LogP contribution >= 0.6 is 0 Å². The maximum atomic E-state index is 12.3. The van der Waals surface area contributed by atoms with Gasteiger partial charge in [-0.25, -0.2) is 0 Å². The van der Waals surface area contributed by atoms with Crippen molar-refractivity contribution in [3.8, 4) is 0 Å². The minimum Gasteiger partial charge on any atom is -0.481 e. The highest BCUT2D eigenvalue weighted by Crippen LogP contribution is 2.39. The van der Waals surface area contributed by atoms with Gasteiger partial charge in [0.25, 0.3) is 11.8 Å². The SMILES string of the molecule is O=C1c2ccncc2C(=O)N1CC1(C(=O)O)CCCCC1. The predicted octanol–water partition coefficient (Wildman–Crippen LogP) is 1.71. The average Bonchev–Trinajstić information content (AvgIpc) is 2.74. The molecular weight excluding hydrogens is 272 g/mol. The zero-order chi connectivity index (χ0) is 15.0. The first-order valence-corrected chi connectivity index (χ1v) is 7.09. The van der Waals surface area contributed by atoms with E-state index in [2.05, 4.69) is 4.98 Å². The minimum absolute atomic E-state index is 0.0469. The molecule has 1 saturated carbocycles. The summed E-state index contributed by atoms with van der Waals surface area (Å²) < 4.78 is 0. The maximum Gasteiger partial charge on any atom is 0.311 e. The molecule has 3 rings (SSSR count). The molecule has 2 amide bonds. The topological polar surface area (TPSA) is 87.6 Å². The van der Waals surface area contributed by atoms with Gasteiger partial charge < -0.3 is 5.11 Å². The highest BCUT2D eigenvalue weighted by atomic mass is 16.4. The molecule has 0 saturated heterocycles. The fourth-order valence-corrected chi connectivity index (χ4v) is 3.25. The van der Waals surface area contributed by atoms with E-state index in [0.29, 0.717) is 18.4 Å². The van der Waals surface area contributed by atoms with Gasteiger partial charge in [0.15, 0.2) is 0 Å². The van der Waals surface area contributed by atoms with E-state index in [9.17, 15) is 19.5 Å². The molecule has 2 heterocycles. The Balaban J connectivity index is 1.90. The number of imide groups is 1. The molecule has 0 radical (unpaired) electrons. The van der Waals surface area contributed by atoms with E-state index < -0.39 is 23.2 Å². The van der Waals surface area contributed by atoms with Crippen molar-refractivity contribution in [3.63, 3.8) is 0 Å². The van der Waals surface area contributed by atoms with E-state index in [1.807, 2.05) is 0 Å². The third kappa shape index (κ3) is 2.11. The molecule has 0 aromatic carbocycles. The number of aliphatic carboxylic acids is 1. The van der Waals surface area contributed by atoms with Crippen molar-refractivity contribution < 1.29 is 19.5 Å². The monoisotopic (exact) mass is 288 g/mol. The third-order valence-corrected chi connectivity index (χ3v) is 4.50. The molecule has 21 heavy (non-hydrogen) atoms. The van der Waals surface area contributed by atoms with Crippen LogP contribution in [-0.4, -0.2) is 39.3 Å². The van der Waals surface area contributed by atoms with Crippen LogP contribution in [0, 0.1) is 5.41 Å². The molecule has 2 aliphatic rings. The average molecular weight is 288 g/mol. The van der Waals surface area contributed by atoms with Gasteiger partial charge in [-0.15, -0.1) is 0 Å². The fraction of sp³-hybridized carbons (Fsp3) is 0.467. The van der Waals surface area contributed by atoms with Crippen LogP contribution in [-0.2, 0) is 4.79 Å². The number of carboxylic acids is 1. The summed E-state index contributed by atoms with van der Waals surface area (Å²) in [5.74, 6) is -1.77. The number of hydrogen-bond acceptors (Lipinski definition) is 4. The van der Waals surface area contributed by atoms with Gasteiger partial charge >= 0.3 is 5.97 Å². The van der Waals surface area contributed by atoms with Crippen LogP contribution < -0.4 is 0 Å². The Morgan fingerprint density at radius 1 is 1.19 bits per heavy atom. The zero-order valence-corrected chi connectivity index (χ0v) is 11.5. The second kappa shape index (κ2) is 4.95. The summed E-state index contributed by atoms with van der Waals surface area (Å²) in [6, 6.07) is 1.50. The molecule has 1 fully saturated rings. The number of hydrogen-bond donors (Lipinski definition) is 1. The molecule has 1 aliphatic carbocycles. The molecule has 0 unspecified atom stereocenters. The van der Waals surface area contributed by atoms with Crippen molar-refractivity contribution in [1.29, 1.82) is 0 Å². The van der Waals surface area contributed by atoms with Crippen LogP contribution in [0.3, 0.4) is 0 Å². The van der Waals surface area contributed by atoms with E-state index in [1.165, 1.54) is 18.5 Å². The highest BCUT2D eigenvalue weighted by Gasteiger charge is 2.46. The first-order chi connectivity index (χ1) is 10.1. The molecule has 1 aliphatic heterocycles. The van der Waals surface area contributed by atoms with Crippen LogP contribution in [0.5, 0.6) is 0 Å². The molecule has 1 aromatic heterocycles. The van der Waals surface area contributed by atoms with E-state index in [1.54, 1.807) is 0 Å². The lowest BCUT2D eigenvalue weighted by molar-refractivity contribution is -0.151. The Hall–Kier alpha value is -2.24. The van der Waals surface area contributed by atoms with Gasteiger partial charge in [0.1, 0.15) is 0 Å². The molecule has 0 atom stereocenters. The Labute approximate surface area is 121 Å². The number of nitrogens with zero attached hydrogens (tertiary/aromatic N) is 2. The summed E-state index contributed by atoms with van der Waals surface area (Å²) in [6.07, 6.45) is 6.47. The normalized spacial score (nSPS) is 20.5. The molecule has 0 spiro atoms. The zero-order valence-electron chi connectivity index (χ0n) is 11.5. The summed E-state index contributed by atoms with van der Waals surface area (Å²) in [5, 5.41) is 9.58. The van der Waals surface area contributed by atoms with E-state index in [-0.39, 0.29) is 12.1 Å². The Bertz CT molecular complexity index is 585. The van der Waals surface area contributed by atoms with Crippen molar-refractivity contribution >= 4 is 17.8 Å². The number of carbonyl (C=O) groups excluding carboxylic acids is 2. The summed E-state index contributed by atoms with van der Waals surface area (Å²) >= 11 is 0. The minimum atomic E-state index is -1.00. The molecule has 110 valence electrons. The Morgan fingerprint density at radius 3 is 2.48 bits per heavy atom. The van der Waals surface area contributed by atoms with Gasteiger partial charge in [-0.3, -0.25) is 24.3 Å². The van der Waals surface area contributed by atoms with Crippen molar-refractivity contribution in [1.82, 2.24) is 9.88 Å². The molecule has 0 bridgehead atoms. The fourth-order valence-electron chi connectivity index (χ4n) is 3.25. The Kier molecular flexibility index (Phi) is 3.23. The predicted molar refractivity (Wildman–Crippen MR) is 72.8 cm³/mol. The van der Waals surface area contributed by atoms with E-state index >= 15 is 0 Å². The molecular formula is C15H16N2O4. The highest BCUT2D eigenvalue weighted by molar-refractivity contribution is 6.21. The second-order valence-corrected chi connectivity index (χ2v) is 5.76. The van der Waals surface area contributed by atoms with E-state index in [0.717, 1.165) is 24.2 Å².